The van der Waals surface area contributed by atoms with Crippen LogP contribution in [0.3, 0.4) is 0 Å². The summed E-state index contributed by atoms with van der Waals surface area (Å²) in [5, 5.41) is 9.35. The third-order valence-electron chi connectivity index (χ3n) is 3.16. The SMILES string of the molecule is Cn1c(=O)oc2cc(C(C#N)c3cnccn3)ccc21. The van der Waals surface area contributed by atoms with Crippen molar-refractivity contribution in [2.75, 3.05) is 0 Å². The molecule has 0 aliphatic carbocycles. The van der Waals surface area contributed by atoms with Crippen LogP contribution in [-0.4, -0.2) is 14.5 Å². The van der Waals surface area contributed by atoms with Crippen molar-refractivity contribution in [3.05, 3.63) is 58.6 Å². The van der Waals surface area contributed by atoms with Crippen LogP contribution < -0.4 is 5.76 Å². The first-order chi connectivity index (χ1) is 9.70. The van der Waals surface area contributed by atoms with Crippen LogP contribution in [0.4, 0.5) is 0 Å². The quantitative estimate of drug-likeness (QED) is 0.703. The van der Waals surface area contributed by atoms with Crippen molar-refractivity contribution in [3.63, 3.8) is 0 Å². The van der Waals surface area contributed by atoms with E-state index in [4.69, 9.17) is 4.42 Å². The molecule has 0 spiro atoms. The van der Waals surface area contributed by atoms with Gasteiger partial charge in [-0.15, -0.1) is 0 Å². The first kappa shape index (κ1) is 12.1. The Morgan fingerprint density at radius 3 is 2.95 bits per heavy atom. The van der Waals surface area contributed by atoms with Gasteiger partial charge in [0.1, 0.15) is 5.92 Å². The summed E-state index contributed by atoms with van der Waals surface area (Å²) in [5.41, 5.74) is 2.43. The van der Waals surface area contributed by atoms with Gasteiger partial charge in [0, 0.05) is 19.4 Å². The second kappa shape index (κ2) is 4.63. The molecule has 0 bridgehead atoms. The number of benzene rings is 1. The van der Waals surface area contributed by atoms with Crippen molar-refractivity contribution in [1.29, 1.82) is 5.26 Å². The van der Waals surface area contributed by atoms with E-state index in [0.717, 1.165) is 5.56 Å². The molecule has 6 heteroatoms. The molecule has 3 rings (SSSR count). The minimum atomic E-state index is -0.543. The van der Waals surface area contributed by atoms with E-state index in [1.807, 2.05) is 0 Å². The molecule has 0 N–H and O–H groups in total. The van der Waals surface area contributed by atoms with Crippen molar-refractivity contribution in [3.8, 4) is 6.07 Å². The molecule has 0 fully saturated rings. The molecular weight excluding hydrogens is 256 g/mol. The van der Waals surface area contributed by atoms with Crippen LogP contribution in [0.25, 0.3) is 11.1 Å². The molecule has 0 saturated heterocycles. The molecule has 0 saturated carbocycles. The smallest absolute Gasteiger partial charge is 0.408 e. The monoisotopic (exact) mass is 266 g/mol. The van der Waals surface area contributed by atoms with E-state index < -0.39 is 11.7 Å². The van der Waals surface area contributed by atoms with Crippen molar-refractivity contribution in [2.24, 2.45) is 7.05 Å². The average molecular weight is 266 g/mol. The van der Waals surface area contributed by atoms with Crippen LogP contribution >= 0.6 is 0 Å². The van der Waals surface area contributed by atoms with Gasteiger partial charge in [0.25, 0.3) is 0 Å². The highest BCUT2D eigenvalue weighted by molar-refractivity contribution is 5.74. The Balaban J connectivity index is 2.14. The van der Waals surface area contributed by atoms with Crippen LogP contribution in [0, 0.1) is 11.3 Å². The number of nitriles is 1. The molecule has 3 aromatic rings. The Morgan fingerprint density at radius 1 is 1.40 bits per heavy atom. The van der Waals surface area contributed by atoms with Crippen molar-refractivity contribution >= 4 is 11.1 Å². The molecule has 6 nitrogen and oxygen atoms in total. The predicted octanol–water partition coefficient (Wildman–Crippen LogP) is 1.58. The van der Waals surface area contributed by atoms with Gasteiger partial charge < -0.3 is 4.42 Å². The van der Waals surface area contributed by atoms with Crippen molar-refractivity contribution in [2.45, 2.75) is 5.92 Å². The molecular formula is C14H10N4O2. The van der Waals surface area contributed by atoms with E-state index >= 15 is 0 Å². The van der Waals surface area contributed by atoms with Crippen LogP contribution in [0.1, 0.15) is 17.2 Å². The highest BCUT2D eigenvalue weighted by atomic mass is 16.4. The average Bonchev–Trinajstić information content (AvgIpc) is 2.76. The number of aryl methyl sites for hydroxylation is 1. The summed E-state index contributed by atoms with van der Waals surface area (Å²) in [7, 11) is 1.64. The molecule has 2 heterocycles. The Bertz CT molecular complexity index is 858. The first-order valence-electron chi connectivity index (χ1n) is 5.95. The first-order valence-corrected chi connectivity index (χ1v) is 5.95. The maximum absolute atomic E-state index is 11.5. The number of hydrogen-bond acceptors (Lipinski definition) is 5. The normalized spacial score (nSPS) is 12.2. The Hall–Kier alpha value is -2.94. The van der Waals surface area contributed by atoms with Crippen LogP contribution in [-0.2, 0) is 7.05 Å². The lowest BCUT2D eigenvalue weighted by molar-refractivity contribution is 0.528. The van der Waals surface area contributed by atoms with Crippen LogP contribution in [0.15, 0.2) is 46.0 Å². The van der Waals surface area contributed by atoms with Gasteiger partial charge in [-0.25, -0.2) is 4.79 Å². The zero-order chi connectivity index (χ0) is 14.1. The fraction of sp³-hybridized carbons (Fsp3) is 0.143. The molecule has 2 aromatic heterocycles. The molecule has 0 radical (unpaired) electrons. The largest absolute Gasteiger partial charge is 0.419 e. The summed E-state index contributed by atoms with van der Waals surface area (Å²) in [6, 6.07) is 7.44. The van der Waals surface area contributed by atoms with Gasteiger partial charge in [-0.05, 0) is 17.7 Å². The number of oxazole rings is 1. The number of rotatable bonds is 2. The van der Waals surface area contributed by atoms with Gasteiger partial charge in [-0.1, -0.05) is 6.07 Å². The van der Waals surface area contributed by atoms with Gasteiger partial charge in [0.15, 0.2) is 5.58 Å². The second-order valence-electron chi connectivity index (χ2n) is 4.35. The Kier molecular flexibility index (Phi) is 2.80. The molecule has 1 atom stereocenters. The summed E-state index contributed by atoms with van der Waals surface area (Å²) in [6.07, 6.45) is 4.65. The summed E-state index contributed by atoms with van der Waals surface area (Å²) in [6.45, 7) is 0. The minimum Gasteiger partial charge on any atom is -0.408 e. The standard InChI is InChI=1S/C14H10N4O2/c1-18-12-3-2-9(6-13(12)20-14(18)19)10(7-15)11-8-16-4-5-17-11/h2-6,8,10H,1H3. The number of nitrogens with zero attached hydrogens (tertiary/aromatic N) is 4. The highest BCUT2D eigenvalue weighted by Crippen LogP contribution is 2.25. The maximum atomic E-state index is 11.5. The molecule has 0 aliphatic rings. The highest BCUT2D eigenvalue weighted by Gasteiger charge is 2.17. The van der Waals surface area contributed by atoms with Gasteiger partial charge in [0.2, 0.25) is 0 Å². The van der Waals surface area contributed by atoms with Gasteiger partial charge in [-0.3, -0.25) is 14.5 Å². The lowest BCUT2D eigenvalue weighted by Gasteiger charge is -2.07. The lowest BCUT2D eigenvalue weighted by atomic mass is 9.97. The van der Waals surface area contributed by atoms with Gasteiger partial charge in [0.05, 0.1) is 23.5 Å². The van der Waals surface area contributed by atoms with E-state index in [9.17, 15) is 10.1 Å². The van der Waals surface area contributed by atoms with Crippen LogP contribution in [0.2, 0.25) is 0 Å². The van der Waals surface area contributed by atoms with Gasteiger partial charge in [-0.2, -0.15) is 5.26 Å². The van der Waals surface area contributed by atoms with E-state index in [1.165, 1.54) is 4.57 Å². The maximum Gasteiger partial charge on any atom is 0.419 e. The second-order valence-corrected chi connectivity index (χ2v) is 4.35. The number of hydrogen-bond donors (Lipinski definition) is 0. The molecule has 1 unspecified atom stereocenters. The van der Waals surface area contributed by atoms with E-state index in [0.29, 0.717) is 16.8 Å². The molecule has 98 valence electrons. The topological polar surface area (TPSA) is 84.7 Å². The van der Waals surface area contributed by atoms with E-state index in [-0.39, 0.29) is 0 Å². The Morgan fingerprint density at radius 2 is 2.25 bits per heavy atom. The van der Waals surface area contributed by atoms with Gasteiger partial charge >= 0.3 is 5.76 Å². The fourth-order valence-corrected chi connectivity index (χ4v) is 2.10. The lowest BCUT2D eigenvalue weighted by Crippen LogP contribution is -2.08. The third-order valence-corrected chi connectivity index (χ3v) is 3.16. The summed E-state index contributed by atoms with van der Waals surface area (Å²) < 4.78 is 6.55. The number of fused-ring (bicyclic) bond motifs is 1. The molecule has 0 amide bonds. The minimum absolute atomic E-state index is 0.426. The molecule has 20 heavy (non-hydrogen) atoms. The number of aromatic nitrogens is 3. The Labute approximate surface area is 113 Å². The molecule has 0 aliphatic heterocycles. The summed E-state index contributed by atoms with van der Waals surface area (Å²) in [5.74, 6) is -0.969. The predicted molar refractivity (Wildman–Crippen MR) is 70.9 cm³/mol. The van der Waals surface area contributed by atoms with Crippen LogP contribution in [0.5, 0.6) is 0 Å². The zero-order valence-corrected chi connectivity index (χ0v) is 10.6. The van der Waals surface area contributed by atoms with E-state index in [2.05, 4.69) is 16.0 Å². The summed E-state index contributed by atoms with van der Waals surface area (Å²) in [4.78, 5) is 19.6. The summed E-state index contributed by atoms with van der Waals surface area (Å²) >= 11 is 0. The third kappa shape index (κ3) is 1.86. The van der Waals surface area contributed by atoms with Crippen molar-refractivity contribution < 1.29 is 4.42 Å². The van der Waals surface area contributed by atoms with Crippen molar-refractivity contribution in [1.82, 2.24) is 14.5 Å². The fourth-order valence-electron chi connectivity index (χ4n) is 2.10. The van der Waals surface area contributed by atoms with E-state index in [1.54, 1.807) is 43.8 Å². The molecule has 1 aromatic carbocycles. The zero-order valence-electron chi connectivity index (χ0n) is 10.6.